The van der Waals surface area contributed by atoms with Crippen LogP contribution in [0, 0.1) is 0 Å². The Hall–Kier alpha value is -1.84. The van der Waals surface area contributed by atoms with Crippen LogP contribution < -0.4 is 0 Å². The van der Waals surface area contributed by atoms with E-state index >= 15 is 0 Å². The first-order chi connectivity index (χ1) is 14.5. The molecule has 0 aliphatic rings. The van der Waals surface area contributed by atoms with Crippen molar-refractivity contribution in [2.75, 3.05) is 0 Å². The van der Waals surface area contributed by atoms with Crippen LogP contribution in [0.15, 0.2) is 18.2 Å². The van der Waals surface area contributed by atoms with Crippen molar-refractivity contribution in [1.82, 2.24) is 0 Å². The zero-order chi connectivity index (χ0) is 22.0. The van der Waals surface area contributed by atoms with E-state index in [1.807, 2.05) is 0 Å². The van der Waals surface area contributed by atoms with Gasteiger partial charge >= 0.3 is 11.9 Å². The van der Waals surface area contributed by atoms with Crippen molar-refractivity contribution < 1.29 is 19.8 Å². The summed E-state index contributed by atoms with van der Waals surface area (Å²) in [6.07, 6.45) is 17.1. The summed E-state index contributed by atoms with van der Waals surface area (Å²) in [6.45, 7) is 2.25. The van der Waals surface area contributed by atoms with E-state index in [0.29, 0.717) is 12.8 Å². The van der Waals surface area contributed by atoms with Crippen molar-refractivity contribution in [1.29, 1.82) is 0 Å². The molecule has 0 unspecified atom stereocenters. The molecule has 30 heavy (non-hydrogen) atoms. The van der Waals surface area contributed by atoms with E-state index < -0.39 is 11.9 Å². The molecule has 1 aromatic carbocycles. The molecule has 0 bridgehead atoms. The number of benzene rings is 1. The van der Waals surface area contributed by atoms with E-state index in [9.17, 15) is 9.59 Å². The number of aliphatic carboxylic acids is 2. The summed E-state index contributed by atoms with van der Waals surface area (Å²) in [7, 11) is 0. The number of unbranched alkanes of at least 4 members (excludes halogenated alkanes) is 9. The molecule has 0 spiro atoms. The van der Waals surface area contributed by atoms with Gasteiger partial charge in [-0.15, -0.1) is 0 Å². The van der Waals surface area contributed by atoms with Gasteiger partial charge in [-0.2, -0.15) is 0 Å². The smallest absolute Gasteiger partial charge is 0.303 e. The first-order valence-corrected chi connectivity index (χ1v) is 12.1. The van der Waals surface area contributed by atoms with Crippen molar-refractivity contribution in [3.8, 4) is 0 Å². The second-order valence-corrected chi connectivity index (χ2v) is 8.53. The fourth-order valence-corrected chi connectivity index (χ4v) is 3.96. The molecule has 2 N–H and O–H groups in total. The van der Waals surface area contributed by atoms with Gasteiger partial charge in [-0.05, 0) is 68.1 Å². The second-order valence-electron chi connectivity index (χ2n) is 8.53. The molecule has 0 aromatic heterocycles. The lowest BCUT2D eigenvalue weighted by molar-refractivity contribution is -0.138. The lowest BCUT2D eigenvalue weighted by atomic mass is 9.93. The van der Waals surface area contributed by atoms with Crippen LogP contribution in [0.1, 0.15) is 114 Å². The molecule has 1 rings (SSSR count). The van der Waals surface area contributed by atoms with Crippen LogP contribution in [-0.4, -0.2) is 22.2 Å². The fraction of sp³-hybridized carbons (Fsp3) is 0.692. The predicted molar refractivity (Wildman–Crippen MR) is 123 cm³/mol. The highest BCUT2D eigenvalue weighted by Gasteiger charge is 2.07. The number of aryl methyl sites for hydroxylation is 3. The molecule has 0 aliphatic carbocycles. The van der Waals surface area contributed by atoms with Gasteiger partial charge in [-0.25, -0.2) is 0 Å². The summed E-state index contributed by atoms with van der Waals surface area (Å²) >= 11 is 0. The number of hydrogen-bond acceptors (Lipinski definition) is 2. The molecule has 0 aliphatic heterocycles. The van der Waals surface area contributed by atoms with Crippen LogP contribution in [0.25, 0.3) is 0 Å². The fourth-order valence-electron chi connectivity index (χ4n) is 3.96. The van der Waals surface area contributed by atoms with Crippen LogP contribution in [0.4, 0.5) is 0 Å². The summed E-state index contributed by atoms with van der Waals surface area (Å²) in [5.74, 6) is -1.46. The van der Waals surface area contributed by atoms with E-state index in [2.05, 4.69) is 25.1 Å². The minimum Gasteiger partial charge on any atom is -0.481 e. The van der Waals surface area contributed by atoms with Gasteiger partial charge in [-0.3, -0.25) is 9.59 Å². The minimum absolute atomic E-state index is 0.227. The van der Waals surface area contributed by atoms with Gasteiger partial charge in [0.05, 0.1) is 0 Å². The van der Waals surface area contributed by atoms with Crippen LogP contribution in [0.5, 0.6) is 0 Å². The molecule has 4 nitrogen and oxygen atoms in total. The molecule has 1 aromatic rings. The Labute approximate surface area is 183 Å². The Morgan fingerprint density at radius 3 is 1.70 bits per heavy atom. The number of rotatable bonds is 19. The minimum atomic E-state index is -0.732. The van der Waals surface area contributed by atoms with Crippen LogP contribution in [0.2, 0.25) is 0 Å². The second kappa shape index (κ2) is 16.9. The van der Waals surface area contributed by atoms with Crippen LogP contribution in [-0.2, 0) is 28.9 Å². The Kier molecular flexibility index (Phi) is 14.8. The summed E-state index contributed by atoms with van der Waals surface area (Å²) in [5, 5.41) is 17.7. The number of carboxylic acid groups (broad SMARTS) is 2. The van der Waals surface area contributed by atoms with Crippen LogP contribution >= 0.6 is 0 Å². The predicted octanol–water partition coefficient (Wildman–Crippen LogP) is 6.96. The lowest BCUT2D eigenvalue weighted by Gasteiger charge is -2.12. The SMILES string of the molecule is CCCCCCCCCCc1ccc(CCCCC(=O)O)c(CCCCC(=O)O)c1. The summed E-state index contributed by atoms with van der Waals surface area (Å²) in [4.78, 5) is 21.5. The standard InChI is InChI=1S/C26H42O4/c1-2-3-4-5-6-7-8-9-14-22-19-20-23(15-10-12-17-25(27)28)24(21-22)16-11-13-18-26(29)30/h19-21H,2-18H2,1H3,(H,27,28)(H,29,30). The third kappa shape index (κ3) is 13.4. The highest BCUT2D eigenvalue weighted by Crippen LogP contribution is 2.20. The molecule has 4 heteroatoms. The van der Waals surface area contributed by atoms with E-state index in [1.54, 1.807) is 0 Å². The van der Waals surface area contributed by atoms with Crippen molar-refractivity contribution in [2.45, 2.75) is 116 Å². The zero-order valence-corrected chi connectivity index (χ0v) is 19.0. The first-order valence-electron chi connectivity index (χ1n) is 12.1. The number of hydrogen-bond donors (Lipinski definition) is 2. The van der Waals surface area contributed by atoms with Gasteiger partial charge in [0.25, 0.3) is 0 Å². The van der Waals surface area contributed by atoms with Gasteiger partial charge in [0.1, 0.15) is 0 Å². The molecular weight excluding hydrogens is 376 g/mol. The van der Waals surface area contributed by atoms with Crippen molar-refractivity contribution in [3.05, 3.63) is 34.9 Å². The Morgan fingerprint density at radius 2 is 1.13 bits per heavy atom. The molecule has 0 atom stereocenters. The van der Waals surface area contributed by atoms with Gasteiger partial charge in [-0.1, -0.05) is 70.1 Å². The van der Waals surface area contributed by atoms with Gasteiger partial charge in [0.2, 0.25) is 0 Å². The molecular formula is C26H42O4. The van der Waals surface area contributed by atoms with Crippen molar-refractivity contribution in [3.63, 3.8) is 0 Å². The molecule has 0 heterocycles. The monoisotopic (exact) mass is 418 g/mol. The van der Waals surface area contributed by atoms with Gasteiger partial charge in [0.15, 0.2) is 0 Å². The first kappa shape index (κ1) is 26.2. The summed E-state index contributed by atoms with van der Waals surface area (Å²) in [5.41, 5.74) is 4.01. The maximum atomic E-state index is 10.8. The summed E-state index contributed by atoms with van der Waals surface area (Å²) in [6, 6.07) is 6.76. The third-order valence-corrected chi connectivity index (χ3v) is 5.76. The summed E-state index contributed by atoms with van der Waals surface area (Å²) < 4.78 is 0. The van der Waals surface area contributed by atoms with Crippen molar-refractivity contribution in [2.24, 2.45) is 0 Å². The van der Waals surface area contributed by atoms with E-state index in [0.717, 1.165) is 32.1 Å². The largest absolute Gasteiger partial charge is 0.481 e. The average Bonchev–Trinajstić information content (AvgIpc) is 2.71. The lowest BCUT2D eigenvalue weighted by Crippen LogP contribution is -2.00. The molecule has 170 valence electrons. The Morgan fingerprint density at radius 1 is 0.633 bits per heavy atom. The van der Waals surface area contributed by atoms with Crippen LogP contribution in [0.3, 0.4) is 0 Å². The van der Waals surface area contributed by atoms with Gasteiger partial charge in [0, 0.05) is 12.8 Å². The molecule has 0 radical (unpaired) electrons. The van der Waals surface area contributed by atoms with E-state index in [4.69, 9.17) is 10.2 Å². The molecule has 0 amide bonds. The van der Waals surface area contributed by atoms with Gasteiger partial charge < -0.3 is 10.2 Å². The molecule has 0 saturated heterocycles. The quantitative estimate of drug-likeness (QED) is 0.238. The topological polar surface area (TPSA) is 74.6 Å². The van der Waals surface area contributed by atoms with Crippen molar-refractivity contribution >= 4 is 11.9 Å². The number of carbonyl (C=O) groups is 2. The maximum absolute atomic E-state index is 10.8. The van der Waals surface area contributed by atoms with E-state index in [1.165, 1.54) is 68.1 Å². The zero-order valence-electron chi connectivity index (χ0n) is 19.0. The van der Waals surface area contributed by atoms with E-state index in [-0.39, 0.29) is 12.8 Å². The Bertz CT molecular complexity index is 609. The average molecular weight is 419 g/mol. The third-order valence-electron chi connectivity index (χ3n) is 5.76. The molecule has 0 saturated carbocycles. The maximum Gasteiger partial charge on any atom is 0.303 e. The highest BCUT2D eigenvalue weighted by atomic mass is 16.4. The Balaban J connectivity index is 2.49. The molecule has 0 fully saturated rings. The highest BCUT2D eigenvalue weighted by molar-refractivity contribution is 5.66. The number of carboxylic acids is 2. The normalized spacial score (nSPS) is 11.0.